The zero-order chi connectivity index (χ0) is 28.4. The first-order chi connectivity index (χ1) is 18.0. The van der Waals surface area contributed by atoms with E-state index in [-0.39, 0.29) is 12.2 Å². The second kappa shape index (κ2) is 13.9. The van der Waals surface area contributed by atoms with Crippen molar-refractivity contribution in [2.45, 2.75) is 45.4 Å². The number of carboxylic acid groups (broad SMARTS) is 1. The molecular weight excluding hydrogens is 500 g/mol. The first-order valence-corrected chi connectivity index (χ1v) is 11.8. The van der Waals surface area contributed by atoms with Gasteiger partial charge in [-0.15, -0.1) is 0 Å². The number of benzene rings is 1. The molecule has 0 radical (unpaired) electrons. The number of nitrogens with one attached hydrogen (secondary N) is 1. The number of aliphatic hydroxyl groups excluding tert-OH is 1. The smallest absolute Gasteiger partial charge is 0.331 e. The minimum atomic E-state index is -1.60. The molecule has 0 saturated heterocycles. The number of aliphatic hydroxyl groups is 1. The average molecular weight is 533 g/mol. The van der Waals surface area contributed by atoms with Gasteiger partial charge in [0.25, 0.3) is 5.91 Å². The van der Waals surface area contributed by atoms with Crippen LogP contribution in [0.4, 0.5) is 0 Å². The van der Waals surface area contributed by atoms with Crippen molar-refractivity contribution in [2.75, 3.05) is 13.7 Å². The molecule has 0 bridgehead atoms. The molecule has 38 heavy (non-hydrogen) atoms. The Morgan fingerprint density at radius 1 is 1.00 bits per heavy atom. The number of aromatic nitrogens is 1. The fourth-order valence-corrected chi connectivity index (χ4v) is 3.49. The summed E-state index contributed by atoms with van der Waals surface area (Å²) in [5.41, 5.74) is 0.205. The summed E-state index contributed by atoms with van der Waals surface area (Å²) in [7, 11) is 1.27. The van der Waals surface area contributed by atoms with Gasteiger partial charge in [-0.3, -0.25) is 14.4 Å². The van der Waals surface area contributed by atoms with Gasteiger partial charge in [0, 0.05) is 12.3 Å². The van der Waals surface area contributed by atoms with Crippen molar-refractivity contribution >= 4 is 23.8 Å². The molecule has 2 unspecified atom stereocenters. The van der Waals surface area contributed by atoms with Crippen molar-refractivity contribution in [3.63, 3.8) is 0 Å². The number of rotatable bonds is 13. The van der Waals surface area contributed by atoms with Crippen molar-refractivity contribution in [1.29, 1.82) is 0 Å². The Bertz CT molecular complexity index is 1120. The number of hydrogen-bond acceptors (Lipinski definition) is 10. The second-order valence-electron chi connectivity index (χ2n) is 8.75. The fourth-order valence-electron chi connectivity index (χ4n) is 3.49. The van der Waals surface area contributed by atoms with Crippen LogP contribution in [0.3, 0.4) is 0 Å². The highest BCUT2D eigenvalue weighted by Crippen LogP contribution is 2.27. The van der Waals surface area contributed by atoms with E-state index in [4.69, 9.17) is 14.2 Å². The van der Waals surface area contributed by atoms with E-state index in [1.165, 1.54) is 26.3 Å². The lowest BCUT2D eigenvalue weighted by atomic mass is 9.91. The Morgan fingerprint density at radius 3 is 2.21 bits per heavy atom. The van der Waals surface area contributed by atoms with Crippen LogP contribution in [0, 0.1) is 11.8 Å². The SMILES string of the molecule is COc1ccnc(C(=O)NC(CO)C(=O)O[C@@H](C)C(OC(=O)C(C)C)[C@@H](Cc2ccccc2)C(=O)O)c1O. The molecule has 1 heterocycles. The Hall–Kier alpha value is -4.19. The highest BCUT2D eigenvalue weighted by molar-refractivity contribution is 5.98. The fraction of sp³-hybridized carbons (Fsp3) is 0.423. The van der Waals surface area contributed by atoms with Crippen LogP contribution in [0.25, 0.3) is 0 Å². The molecule has 0 aliphatic heterocycles. The van der Waals surface area contributed by atoms with Crippen LogP contribution in [-0.2, 0) is 30.3 Å². The average Bonchev–Trinajstić information content (AvgIpc) is 2.89. The lowest BCUT2D eigenvalue weighted by Crippen LogP contribution is -2.49. The second-order valence-corrected chi connectivity index (χ2v) is 8.75. The van der Waals surface area contributed by atoms with E-state index in [1.54, 1.807) is 44.2 Å². The number of carboxylic acids is 1. The van der Waals surface area contributed by atoms with E-state index in [2.05, 4.69) is 10.3 Å². The number of carbonyl (C=O) groups excluding carboxylic acids is 3. The van der Waals surface area contributed by atoms with Gasteiger partial charge >= 0.3 is 17.9 Å². The maximum absolute atomic E-state index is 12.8. The molecule has 1 aromatic carbocycles. The summed E-state index contributed by atoms with van der Waals surface area (Å²) in [4.78, 5) is 53.8. The van der Waals surface area contributed by atoms with Gasteiger partial charge in [0.05, 0.1) is 19.6 Å². The summed E-state index contributed by atoms with van der Waals surface area (Å²) in [5.74, 6) is -6.55. The van der Waals surface area contributed by atoms with E-state index in [0.717, 1.165) is 0 Å². The van der Waals surface area contributed by atoms with Gasteiger partial charge in [-0.2, -0.15) is 0 Å². The first-order valence-electron chi connectivity index (χ1n) is 11.8. The van der Waals surface area contributed by atoms with E-state index in [0.29, 0.717) is 5.56 Å². The summed E-state index contributed by atoms with van der Waals surface area (Å²) < 4.78 is 15.8. The van der Waals surface area contributed by atoms with Gasteiger partial charge < -0.3 is 34.8 Å². The third kappa shape index (κ3) is 7.90. The lowest BCUT2D eigenvalue weighted by Gasteiger charge is -2.30. The molecule has 2 aromatic rings. The largest absolute Gasteiger partial charge is 0.503 e. The standard InChI is InChI=1S/C26H32N2O10/c1-14(2)25(34)38-22(17(24(32)33)12-16-8-6-5-7-9-16)15(3)37-26(35)18(13-29)28-23(31)20-21(30)19(36-4)10-11-27-20/h5-11,14-15,17-18,22,29-30H,12-13H2,1-4H3,(H,28,31)(H,32,33)/t15-,17+,18?,22?/m0/s1. The number of amides is 1. The van der Waals surface area contributed by atoms with E-state index in [1.807, 2.05) is 0 Å². The maximum atomic E-state index is 12.8. The van der Waals surface area contributed by atoms with Crippen LogP contribution in [0.5, 0.6) is 11.5 Å². The molecule has 12 nitrogen and oxygen atoms in total. The molecule has 1 amide bonds. The quantitative estimate of drug-likeness (QED) is 0.273. The summed E-state index contributed by atoms with van der Waals surface area (Å²) in [6, 6.07) is 8.38. The summed E-state index contributed by atoms with van der Waals surface area (Å²) in [5, 5.41) is 32.0. The number of aliphatic carboxylic acids is 1. The van der Waals surface area contributed by atoms with Crippen LogP contribution in [0.15, 0.2) is 42.6 Å². The molecule has 0 saturated carbocycles. The van der Waals surface area contributed by atoms with Crippen molar-refractivity contribution < 1.29 is 48.7 Å². The molecule has 4 atom stereocenters. The molecule has 4 N–H and O–H groups in total. The van der Waals surface area contributed by atoms with Gasteiger partial charge in [-0.25, -0.2) is 9.78 Å². The lowest BCUT2D eigenvalue weighted by molar-refractivity contribution is -0.179. The van der Waals surface area contributed by atoms with Crippen LogP contribution < -0.4 is 10.1 Å². The highest BCUT2D eigenvalue weighted by atomic mass is 16.6. The topological polar surface area (TPSA) is 182 Å². The molecule has 0 fully saturated rings. The van der Waals surface area contributed by atoms with Gasteiger partial charge in [-0.05, 0) is 18.9 Å². The zero-order valence-electron chi connectivity index (χ0n) is 21.5. The summed E-state index contributed by atoms with van der Waals surface area (Å²) in [6.45, 7) is 3.61. The van der Waals surface area contributed by atoms with Crippen LogP contribution in [0.1, 0.15) is 36.8 Å². The van der Waals surface area contributed by atoms with Gasteiger partial charge in [-0.1, -0.05) is 44.2 Å². The number of carbonyl (C=O) groups is 4. The predicted molar refractivity (Wildman–Crippen MR) is 132 cm³/mol. The summed E-state index contributed by atoms with van der Waals surface area (Å²) >= 11 is 0. The van der Waals surface area contributed by atoms with Crippen molar-refractivity contribution in [3.05, 3.63) is 53.9 Å². The van der Waals surface area contributed by atoms with Gasteiger partial charge in [0.15, 0.2) is 29.3 Å². The Labute approximate surface area is 219 Å². The van der Waals surface area contributed by atoms with Gasteiger partial charge in [0.1, 0.15) is 12.0 Å². The number of methoxy groups -OCH3 is 1. The third-order valence-corrected chi connectivity index (χ3v) is 5.60. The molecule has 12 heteroatoms. The number of aromatic hydroxyl groups is 1. The van der Waals surface area contributed by atoms with Crippen LogP contribution in [-0.4, -0.2) is 76.1 Å². The number of esters is 2. The molecule has 0 aliphatic carbocycles. The van der Waals surface area contributed by atoms with Crippen LogP contribution in [0.2, 0.25) is 0 Å². The van der Waals surface area contributed by atoms with Crippen molar-refractivity contribution in [1.82, 2.24) is 10.3 Å². The minimum absolute atomic E-state index is 0.0188. The predicted octanol–water partition coefficient (Wildman–Crippen LogP) is 1.33. The highest BCUT2D eigenvalue weighted by Gasteiger charge is 2.39. The Balaban J connectivity index is 2.24. The van der Waals surface area contributed by atoms with E-state index >= 15 is 0 Å². The molecular formula is C26H32N2O10. The van der Waals surface area contributed by atoms with E-state index < -0.39 is 72.0 Å². The Kier molecular flexibility index (Phi) is 11.0. The normalized spacial score (nSPS) is 14.1. The number of hydrogen-bond donors (Lipinski definition) is 4. The van der Waals surface area contributed by atoms with Crippen molar-refractivity contribution in [3.8, 4) is 11.5 Å². The van der Waals surface area contributed by atoms with Crippen molar-refractivity contribution in [2.24, 2.45) is 11.8 Å². The number of ether oxygens (including phenoxy) is 3. The molecule has 2 rings (SSSR count). The number of nitrogens with zero attached hydrogens (tertiary/aromatic N) is 1. The third-order valence-electron chi connectivity index (χ3n) is 5.60. The molecule has 0 spiro atoms. The molecule has 206 valence electrons. The molecule has 0 aliphatic rings. The Morgan fingerprint density at radius 2 is 1.66 bits per heavy atom. The first kappa shape index (κ1) is 30.0. The maximum Gasteiger partial charge on any atom is 0.331 e. The number of pyridine rings is 1. The van der Waals surface area contributed by atoms with Crippen LogP contribution >= 0.6 is 0 Å². The zero-order valence-corrected chi connectivity index (χ0v) is 21.5. The van der Waals surface area contributed by atoms with E-state index in [9.17, 15) is 34.5 Å². The molecule has 1 aromatic heterocycles. The summed E-state index contributed by atoms with van der Waals surface area (Å²) in [6.07, 6.45) is -1.47. The minimum Gasteiger partial charge on any atom is -0.503 e. The monoisotopic (exact) mass is 532 g/mol. The van der Waals surface area contributed by atoms with Gasteiger partial charge in [0.2, 0.25) is 0 Å².